The molecule has 17 heavy (non-hydrogen) atoms. The third-order valence-corrected chi connectivity index (χ3v) is 3.43. The molecule has 0 aromatic carbocycles. The summed E-state index contributed by atoms with van der Waals surface area (Å²) in [7, 11) is 0. The van der Waals surface area contributed by atoms with Crippen LogP contribution in [0.15, 0.2) is 17.6 Å². The minimum absolute atomic E-state index is 0.374. The number of anilines is 1. The van der Waals surface area contributed by atoms with Gasteiger partial charge in [0.2, 0.25) is 5.95 Å². The lowest BCUT2D eigenvalue weighted by molar-refractivity contribution is 0.785. The van der Waals surface area contributed by atoms with Crippen LogP contribution in [0.1, 0.15) is 29.2 Å². The van der Waals surface area contributed by atoms with Crippen LogP contribution in [0.2, 0.25) is 0 Å². The Morgan fingerprint density at radius 2 is 2.00 bits per heavy atom. The van der Waals surface area contributed by atoms with Gasteiger partial charge < -0.3 is 5.32 Å². The fraction of sp³-hybridized carbons (Fsp3) is 0.417. The summed E-state index contributed by atoms with van der Waals surface area (Å²) in [5.41, 5.74) is 1.98. The van der Waals surface area contributed by atoms with Gasteiger partial charge in [-0.15, -0.1) is 11.3 Å². The lowest BCUT2D eigenvalue weighted by atomic mass is 10.2. The van der Waals surface area contributed by atoms with Crippen molar-refractivity contribution in [3.63, 3.8) is 0 Å². The topological polar surface area (TPSA) is 50.7 Å². The van der Waals surface area contributed by atoms with Crippen molar-refractivity contribution >= 4 is 17.3 Å². The molecule has 2 aromatic heterocycles. The Balaban J connectivity index is 1.98. The Hall–Kier alpha value is -1.49. The van der Waals surface area contributed by atoms with Crippen LogP contribution in [0.3, 0.4) is 0 Å². The Bertz CT molecular complexity index is 461. The number of rotatable bonds is 4. The molecular weight excluding hydrogens is 232 g/mol. The third kappa shape index (κ3) is 3.23. The van der Waals surface area contributed by atoms with E-state index in [0.29, 0.717) is 11.9 Å². The van der Waals surface area contributed by atoms with E-state index in [-0.39, 0.29) is 0 Å². The summed E-state index contributed by atoms with van der Waals surface area (Å²) in [4.78, 5) is 13.0. The Labute approximate surface area is 105 Å². The van der Waals surface area contributed by atoms with Crippen LogP contribution in [0.4, 0.5) is 5.95 Å². The van der Waals surface area contributed by atoms with E-state index in [9.17, 15) is 0 Å². The van der Waals surface area contributed by atoms with Gasteiger partial charge >= 0.3 is 0 Å². The zero-order chi connectivity index (χ0) is 12.3. The first-order chi connectivity index (χ1) is 8.15. The lowest BCUT2D eigenvalue weighted by Gasteiger charge is -2.10. The SMILES string of the molecule is Cc1cc(C)nc(NCC(C)c2nccs2)n1. The maximum Gasteiger partial charge on any atom is 0.223 e. The summed E-state index contributed by atoms with van der Waals surface area (Å²) in [6.45, 7) is 6.90. The molecule has 0 bridgehead atoms. The first-order valence-corrected chi connectivity index (χ1v) is 6.48. The summed E-state index contributed by atoms with van der Waals surface area (Å²) < 4.78 is 0. The molecule has 5 heteroatoms. The number of hydrogen-bond acceptors (Lipinski definition) is 5. The maximum absolute atomic E-state index is 4.35. The molecule has 0 spiro atoms. The van der Waals surface area contributed by atoms with Crippen molar-refractivity contribution in [2.45, 2.75) is 26.7 Å². The Morgan fingerprint density at radius 3 is 2.59 bits per heavy atom. The molecule has 1 atom stereocenters. The minimum atomic E-state index is 0.374. The van der Waals surface area contributed by atoms with Crippen LogP contribution in [0, 0.1) is 13.8 Å². The number of hydrogen-bond donors (Lipinski definition) is 1. The van der Waals surface area contributed by atoms with Crippen LogP contribution in [0.5, 0.6) is 0 Å². The van der Waals surface area contributed by atoms with Gasteiger partial charge in [-0.1, -0.05) is 6.92 Å². The van der Waals surface area contributed by atoms with Gasteiger partial charge in [0, 0.05) is 35.4 Å². The van der Waals surface area contributed by atoms with E-state index in [2.05, 4.69) is 27.2 Å². The number of aryl methyl sites for hydroxylation is 2. The highest BCUT2D eigenvalue weighted by molar-refractivity contribution is 7.09. The highest BCUT2D eigenvalue weighted by Crippen LogP contribution is 2.17. The first kappa shape index (κ1) is 12.0. The van der Waals surface area contributed by atoms with Crippen molar-refractivity contribution < 1.29 is 0 Å². The summed E-state index contributed by atoms with van der Waals surface area (Å²) in [6, 6.07) is 1.97. The molecule has 1 unspecified atom stereocenters. The molecule has 0 saturated carbocycles. The van der Waals surface area contributed by atoms with Crippen molar-refractivity contribution in [2.24, 2.45) is 0 Å². The van der Waals surface area contributed by atoms with E-state index in [4.69, 9.17) is 0 Å². The maximum atomic E-state index is 4.35. The molecule has 2 aromatic rings. The summed E-state index contributed by atoms with van der Waals surface area (Å²) in [5.74, 6) is 1.07. The molecular formula is C12H16N4S. The van der Waals surface area contributed by atoms with Crippen molar-refractivity contribution in [3.8, 4) is 0 Å². The van der Waals surface area contributed by atoms with Crippen LogP contribution >= 0.6 is 11.3 Å². The zero-order valence-electron chi connectivity index (χ0n) is 10.3. The molecule has 4 nitrogen and oxygen atoms in total. The van der Waals surface area contributed by atoms with Crippen molar-refractivity contribution in [3.05, 3.63) is 34.0 Å². The van der Waals surface area contributed by atoms with E-state index in [1.165, 1.54) is 0 Å². The molecule has 0 fully saturated rings. The van der Waals surface area contributed by atoms with Gasteiger partial charge in [-0.3, -0.25) is 0 Å². The highest BCUT2D eigenvalue weighted by Gasteiger charge is 2.08. The predicted molar refractivity (Wildman–Crippen MR) is 70.5 cm³/mol. The van der Waals surface area contributed by atoms with Crippen LogP contribution in [-0.4, -0.2) is 21.5 Å². The number of nitrogens with one attached hydrogen (secondary N) is 1. The molecule has 0 amide bonds. The molecule has 0 aliphatic carbocycles. The second-order valence-electron chi connectivity index (χ2n) is 4.13. The lowest BCUT2D eigenvalue weighted by Crippen LogP contribution is -2.12. The van der Waals surface area contributed by atoms with E-state index >= 15 is 0 Å². The Morgan fingerprint density at radius 1 is 1.29 bits per heavy atom. The van der Waals surface area contributed by atoms with E-state index < -0.39 is 0 Å². The van der Waals surface area contributed by atoms with Crippen LogP contribution < -0.4 is 5.32 Å². The number of aromatic nitrogens is 3. The van der Waals surface area contributed by atoms with Gasteiger partial charge in [0.15, 0.2) is 0 Å². The molecule has 90 valence electrons. The molecule has 2 rings (SSSR count). The molecule has 1 N–H and O–H groups in total. The van der Waals surface area contributed by atoms with Crippen LogP contribution in [-0.2, 0) is 0 Å². The van der Waals surface area contributed by atoms with Gasteiger partial charge in [0.05, 0.1) is 5.01 Å². The Kier molecular flexibility index (Phi) is 3.68. The number of nitrogens with zero attached hydrogens (tertiary/aromatic N) is 3. The number of thiazole rings is 1. The highest BCUT2D eigenvalue weighted by atomic mass is 32.1. The first-order valence-electron chi connectivity index (χ1n) is 5.60. The summed E-state index contributed by atoms with van der Waals surface area (Å²) >= 11 is 1.68. The van der Waals surface area contributed by atoms with Gasteiger partial charge in [-0.2, -0.15) is 0 Å². The van der Waals surface area contributed by atoms with E-state index in [1.54, 1.807) is 11.3 Å². The predicted octanol–water partition coefficient (Wildman–Crippen LogP) is 2.77. The quantitative estimate of drug-likeness (QED) is 0.904. The van der Waals surface area contributed by atoms with E-state index in [0.717, 1.165) is 22.9 Å². The van der Waals surface area contributed by atoms with Crippen molar-refractivity contribution in [1.82, 2.24) is 15.0 Å². The molecule has 0 aliphatic rings. The fourth-order valence-corrected chi connectivity index (χ4v) is 2.31. The average Bonchev–Trinajstić information content (AvgIpc) is 2.78. The van der Waals surface area contributed by atoms with Gasteiger partial charge in [0.1, 0.15) is 0 Å². The largest absolute Gasteiger partial charge is 0.354 e. The monoisotopic (exact) mass is 248 g/mol. The van der Waals surface area contributed by atoms with Crippen LogP contribution in [0.25, 0.3) is 0 Å². The van der Waals surface area contributed by atoms with Gasteiger partial charge in [0.25, 0.3) is 0 Å². The zero-order valence-corrected chi connectivity index (χ0v) is 11.1. The molecule has 2 heterocycles. The third-order valence-electron chi connectivity index (χ3n) is 2.42. The minimum Gasteiger partial charge on any atom is -0.354 e. The standard InChI is InChI=1S/C12H16N4S/c1-8(11-13-4-5-17-11)7-14-12-15-9(2)6-10(3)16-12/h4-6,8H,7H2,1-3H3,(H,14,15,16). The fourth-order valence-electron chi connectivity index (χ4n) is 1.61. The van der Waals surface area contributed by atoms with Crippen molar-refractivity contribution in [2.75, 3.05) is 11.9 Å². The average molecular weight is 248 g/mol. The molecule has 0 saturated heterocycles. The molecule has 0 radical (unpaired) electrons. The van der Waals surface area contributed by atoms with Gasteiger partial charge in [-0.25, -0.2) is 15.0 Å². The van der Waals surface area contributed by atoms with Gasteiger partial charge in [-0.05, 0) is 19.9 Å². The second-order valence-corrected chi connectivity index (χ2v) is 5.05. The summed E-state index contributed by atoms with van der Waals surface area (Å²) in [6.07, 6.45) is 1.84. The van der Waals surface area contributed by atoms with E-state index in [1.807, 2.05) is 31.5 Å². The second kappa shape index (κ2) is 5.23. The smallest absolute Gasteiger partial charge is 0.223 e. The summed E-state index contributed by atoms with van der Waals surface area (Å²) in [5, 5.41) is 6.40. The molecule has 0 aliphatic heterocycles. The normalized spacial score (nSPS) is 12.4. The van der Waals surface area contributed by atoms with Crippen molar-refractivity contribution in [1.29, 1.82) is 0 Å².